The number of sulfonamides is 1. The summed E-state index contributed by atoms with van der Waals surface area (Å²) in [5.74, 6) is 0. The van der Waals surface area contributed by atoms with E-state index in [0.717, 1.165) is 12.2 Å². The molecule has 0 amide bonds. The van der Waals surface area contributed by atoms with Crippen LogP contribution in [0.4, 0.5) is 0 Å². The van der Waals surface area contributed by atoms with E-state index in [4.69, 9.17) is 0 Å². The Bertz CT molecular complexity index is 420. The van der Waals surface area contributed by atoms with Gasteiger partial charge in [0.1, 0.15) is 0 Å². The highest BCUT2D eigenvalue weighted by atomic mass is 32.2. The van der Waals surface area contributed by atoms with E-state index in [1.54, 1.807) is 0 Å². The third-order valence-electron chi connectivity index (χ3n) is 1.29. The van der Waals surface area contributed by atoms with Crippen LogP contribution in [-0.2, 0) is 10.0 Å². The molecule has 0 unspecified atom stereocenters. The predicted octanol–water partition coefficient (Wildman–Crippen LogP) is 0.920. The molecule has 0 rings (SSSR count). The van der Waals surface area contributed by atoms with Crippen molar-refractivity contribution in [3.05, 3.63) is 45.9 Å². The number of nitrogens with zero attached hydrogens (tertiary/aromatic N) is 2. The van der Waals surface area contributed by atoms with Crippen molar-refractivity contribution in [1.82, 2.24) is 0 Å². The monoisotopic (exact) mass is 230 g/mol. The van der Waals surface area contributed by atoms with Gasteiger partial charge in [-0.15, -0.1) is 0 Å². The molecule has 0 aromatic carbocycles. The van der Waals surface area contributed by atoms with Gasteiger partial charge < -0.3 is 0 Å². The maximum absolute atomic E-state index is 11.2. The lowest BCUT2D eigenvalue weighted by Gasteiger charge is -1.96. The highest BCUT2D eigenvalue weighted by molar-refractivity contribution is 7.94. The van der Waals surface area contributed by atoms with Crippen LogP contribution in [0.5, 0.6) is 0 Å². The molecule has 82 valence electrons. The predicted molar refractivity (Wildman–Crippen MR) is 57.8 cm³/mol. The van der Waals surface area contributed by atoms with Gasteiger partial charge in [0.05, 0.1) is 4.91 Å². The highest BCUT2D eigenvalue weighted by Crippen LogP contribution is 2.09. The molecule has 0 fully saturated rings. The average molecular weight is 230 g/mol. The first-order valence-corrected chi connectivity index (χ1v) is 5.22. The van der Waals surface area contributed by atoms with Crippen LogP contribution in [0.1, 0.15) is 0 Å². The van der Waals surface area contributed by atoms with Crippen molar-refractivity contribution in [3.8, 4) is 0 Å². The molecule has 0 aromatic heterocycles. The summed E-state index contributed by atoms with van der Waals surface area (Å²) < 4.78 is 25.3. The van der Waals surface area contributed by atoms with E-state index < -0.39 is 21.5 Å². The van der Waals surface area contributed by atoms with Gasteiger partial charge in [0, 0.05) is 11.6 Å². The zero-order valence-corrected chi connectivity index (χ0v) is 8.68. The summed E-state index contributed by atoms with van der Waals surface area (Å²) in [4.78, 5) is 9.21. The summed E-state index contributed by atoms with van der Waals surface area (Å²) in [6, 6.07) is 0. The number of nitro groups is 1. The van der Waals surface area contributed by atoms with Crippen molar-refractivity contribution >= 4 is 16.7 Å². The van der Waals surface area contributed by atoms with E-state index in [0.29, 0.717) is 0 Å². The van der Waals surface area contributed by atoms with Crippen molar-refractivity contribution in [2.24, 2.45) is 4.40 Å². The molecule has 7 heteroatoms. The summed E-state index contributed by atoms with van der Waals surface area (Å²) >= 11 is 0. The van der Waals surface area contributed by atoms with Gasteiger partial charge in [0.15, 0.2) is 0 Å². The van der Waals surface area contributed by atoms with Crippen molar-refractivity contribution < 1.29 is 13.3 Å². The van der Waals surface area contributed by atoms with Gasteiger partial charge in [-0.2, -0.15) is 12.8 Å². The second-order valence-corrected chi connectivity index (χ2v) is 4.01. The van der Waals surface area contributed by atoms with Crippen LogP contribution < -0.4 is 0 Å². The van der Waals surface area contributed by atoms with Gasteiger partial charge >= 0.3 is 0 Å². The van der Waals surface area contributed by atoms with E-state index in [2.05, 4.69) is 17.7 Å². The molecule has 0 atom stereocenters. The minimum absolute atomic E-state index is 0.186. The lowest BCUT2D eigenvalue weighted by molar-refractivity contribution is -0.468. The van der Waals surface area contributed by atoms with Crippen LogP contribution in [0.3, 0.4) is 0 Å². The molecular weight excluding hydrogens is 220 g/mol. The Labute approximate surface area is 87.5 Å². The van der Waals surface area contributed by atoms with Gasteiger partial charge in [-0.1, -0.05) is 12.7 Å². The van der Waals surface area contributed by atoms with Crippen LogP contribution in [0, 0.1) is 10.1 Å². The van der Waals surface area contributed by atoms with Gasteiger partial charge in [-0.25, -0.2) is 0 Å². The van der Waals surface area contributed by atoms with Gasteiger partial charge in [0.25, 0.3) is 10.0 Å². The molecule has 0 heterocycles. The zero-order valence-electron chi connectivity index (χ0n) is 7.87. The molecule has 0 aliphatic rings. The quantitative estimate of drug-likeness (QED) is 0.293. The van der Waals surface area contributed by atoms with Gasteiger partial charge in [0.2, 0.25) is 6.54 Å². The lowest BCUT2D eigenvalue weighted by atomic mass is 10.4. The van der Waals surface area contributed by atoms with Crippen LogP contribution >= 0.6 is 0 Å². The topological polar surface area (TPSA) is 89.6 Å². The summed E-state index contributed by atoms with van der Waals surface area (Å²) in [6.07, 6.45) is 4.63. The fourth-order valence-corrected chi connectivity index (χ4v) is 1.36. The molecule has 0 radical (unpaired) electrons. The summed E-state index contributed by atoms with van der Waals surface area (Å²) in [5, 5.41) is 9.99. The maximum atomic E-state index is 11.2. The molecule has 0 saturated carbocycles. The second-order valence-electron chi connectivity index (χ2n) is 2.33. The minimum Gasteiger partial charge on any atom is -0.264 e. The largest absolute Gasteiger partial charge is 0.281 e. The summed E-state index contributed by atoms with van der Waals surface area (Å²) in [7, 11) is -3.83. The van der Waals surface area contributed by atoms with Gasteiger partial charge in [-0.05, 0) is 18.2 Å². The minimum atomic E-state index is -3.83. The molecule has 0 aromatic rings. The molecule has 0 aliphatic heterocycles. The maximum Gasteiger partial charge on any atom is 0.281 e. The Morgan fingerprint density at radius 2 is 2.13 bits per heavy atom. The standard InChI is InChI=1S/C8H10N2O4S/c1-3-5-8(15(13,14)9-2)6-4-7-10(11)12/h3-6H,1-2,7H2/b6-4-,8-5+. The molecule has 0 aliphatic carbocycles. The molecule has 0 bridgehead atoms. The van der Waals surface area contributed by atoms with Crippen LogP contribution in [-0.4, -0.2) is 26.6 Å². The first kappa shape index (κ1) is 13.2. The normalized spacial score (nSPS) is 12.7. The van der Waals surface area contributed by atoms with Crippen LogP contribution in [0.2, 0.25) is 0 Å². The van der Waals surface area contributed by atoms with Crippen molar-refractivity contribution in [1.29, 1.82) is 0 Å². The molecular formula is C8H10N2O4S. The third-order valence-corrected chi connectivity index (χ3v) is 2.49. The number of hydrogen-bond donors (Lipinski definition) is 0. The van der Waals surface area contributed by atoms with Crippen LogP contribution in [0.15, 0.2) is 40.2 Å². The fourth-order valence-electron chi connectivity index (χ4n) is 0.673. The zero-order chi connectivity index (χ0) is 11.9. The summed E-state index contributed by atoms with van der Waals surface area (Å²) in [5.41, 5.74) is 0. The fraction of sp³-hybridized carbons (Fsp3) is 0.125. The molecule has 6 nitrogen and oxygen atoms in total. The SMILES string of the molecule is C=C/C=C(\C=C/C[N+](=O)[O-])S(=O)(=O)N=C. The molecule has 0 saturated heterocycles. The Hall–Kier alpha value is -1.76. The molecule has 0 N–H and O–H groups in total. The number of rotatable bonds is 6. The second kappa shape index (κ2) is 5.86. The Morgan fingerprint density at radius 3 is 2.53 bits per heavy atom. The highest BCUT2D eigenvalue weighted by Gasteiger charge is 2.10. The van der Waals surface area contributed by atoms with Crippen LogP contribution in [0.25, 0.3) is 0 Å². The first-order valence-electron chi connectivity index (χ1n) is 3.78. The Morgan fingerprint density at radius 1 is 1.53 bits per heavy atom. The smallest absolute Gasteiger partial charge is 0.264 e. The van der Waals surface area contributed by atoms with Crippen molar-refractivity contribution in [2.45, 2.75) is 0 Å². The van der Waals surface area contributed by atoms with Gasteiger partial charge in [-0.3, -0.25) is 10.1 Å². The van der Waals surface area contributed by atoms with E-state index in [-0.39, 0.29) is 4.91 Å². The number of allylic oxidation sites excluding steroid dienone is 3. The Kier molecular flexibility index (Phi) is 5.18. The lowest BCUT2D eigenvalue weighted by Crippen LogP contribution is -1.99. The van der Waals surface area contributed by atoms with E-state index in [9.17, 15) is 18.5 Å². The van der Waals surface area contributed by atoms with E-state index in [1.165, 1.54) is 12.2 Å². The van der Waals surface area contributed by atoms with E-state index in [1.807, 2.05) is 0 Å². The third kappa shape index (κ3) is 4.87. The average Bonchev–Trinajstić information content (AvgIpc) is 2.16. The van der Waals surface area contributed by atoms with E-state index >= 15 is 0 Å². The first-order chi connectivity index (χ1) is 6.94. The van der Waals surface area contributed by atoms with Crippen molar-refractivity contribution in [2.75, 3.05) is 6.54 Å². The molecule has 15 heavy (non-hydrogen) atoms. The Balaban J connectivity index is 4.95. The summed E-state index contributed by atoms with van der Waals surface area (Å²) in [6.45, 7) is 5.76. The van der Waals surface area contributed by atoms with Crippen molar-refractivity contribution in [3.63, 3.8) is 0 Å². The molecule has 0 spiro atoms. The number of hydrogen-bond acceptors (Lipinski definition) is 4.